The van der Waals surface area contributed by atoms with Gasteiger partial charge in [-0.2, -0.15) is 4.98 Å². The van der Waals surface area contributed by atoms with Crippen molar-refractivity contribution in [2.24, 2.45) is 22.8 Å². The van der Waals surface area contributed by atoms with Crippen LogP contribution in [0, 0.1) is 11.3 Å². The third kappa shape index (κ3) is 3.41. The topological polar surface area (TPSA) is 124 Å². The lowest BCUT2D eigenvalue weighted by molar-refractivity contribution is 0.0996. The second-order valence-corrected chi connectivity index (χ2v) is 8.77. The van der Waals surface area contributed by atoms with Crippen LogP contribution >= 0.6 is 23.2 Å². The lowest BCUT2D eigenvalue weighted by atomic mass is 9.68. The Morgan fingerprint density at radius 1 is 1.28 bits per heavy atom. The molecule has 0 unspecified atom stereocenters. The number of anilines is 2. The molecule has 1 aliphatic carbocycles. The Morgan fingerprint density at radius 2 is 2.07 bits per heavy atom. The number of benzene rings is 1. The number of hydrogen-bond donors (Lipinski definition) is 3. The molecular weight excluding hydrogens is 411 g/mol. The molecule has 0 radical (unpaired) electrons. The minimum Gasteiger partial charge on any atom is -0.383 e. The molecule has 1 saturated heterocycles. The van der Waals surface area contributed by atoms with Crippen molar-refractivity contribution in [1.82, 2.24) is 9.97 Å². The summed E-state index contributed by atoms with van der Waals surface area (Å²) in [5, 5.41) is 0.616. The Balaban J connectivity index is 1.78. The molecule has 2 heterocycles. The highest BCUT2D eigenvalue weighted by Crippen LogP contribution is 2.47. The van der Waals surface area contributed by atoms with Crippen molar-refractivity contribution in [2.45, 2.75) is 25.7 Å². The molecule has 4 rings (SSSR count). The zero-order valence-electron chi connectivity index (χ0n) is 16.0. The van der Waals surface area contributed by atoms with Crippen LogP contribution in [0.5, 0.6) is 0 Å². The van der Waals surface area contributed by atoms with Crippen molar-refractivity contribution in [3.63, 3.8) is 0 Å². The third-order valence-corrected chi connectivity index (χ3v) is 7.18. The number of fused-ring (bicyclic) bond motifs is 1. The summed E-state index contributed by atoms with van der Waals surface area (Å²) in [6.07, 6.45) is 4.63. The molecule has 9 heteroatoms. The van der Waals surface area contributed by atoms with Gasteiger partial charge in [-0.15, -0.1) is 0 Å². The first-order valence-electron chi connectivity index (χ1n) is 9.73. The van der Waals surface area contributed by atoms with Crippen LogP contribution < -0.4 is 22.1 Å². The quantitative estimate of drug-likeness (QED) is 0.678. The fourth-order valence-corrected chi connectivity index (χ4v) is 5.21. The minimum atomic E-state index is -0.698. The van der Waals surface area contributed by atoms with Crippen LogP contribution in [-0.2, 0) is 0 Å². The van der Waals surface area contributed by atoms with E-state index in [-0.39, 0.29) is 21.9 Å². The molecule has 7 nitrogen and oxygen atoms in total. The van der Waals surface area contributed by atoms with E-state index in [2.05, 4.69) is 14.9 Å². The number of aromatic nitrogens is 2. The van der Waals surface area contributed by atoms with Gasteiger partial charge in [-0.3, -0.25) is 4.79 Å². The summed E-state index contributed by atoms with van der Waals surface area (Å²) in [4.78, 5) is 23.3. The van der Waals surface area contributed by atoms with E-state index in [0.717, 1.165) is 25.9 Å². The van der Waals surface area contributed by atoms with Crippen molar-refractivity contribution in [2.75, 3.05) is 30.3 Å². The van der Waals surface area contributed by atoms with Gasteiger partial charge in [0.1, 0.15) is 11.5 Å². The SMILES string of the molecule is NC[C@@]12CCCC[C@@H]1CN(c1nc(N)c(-c3cccc(Cl)c3Cl)c(C(N)=O)n1)C2. The molecule has 0 bridgehead atoms. The van der Waals surface area contributed by atoms with Gasteiger partial charge in [0.25, 0.3) is 5.91 Å². The minimum absolute atomic E-state index is 0.0355. The first-order chi connectivity index (χ1) is 13.9. The van der Waals surface area contributed by atoms with E-state index >= 15 is 0 Å². The fourth-order valence-electron chi connectivity index (χ4n) is 4.82. The van der Waals surface area contributed by atoms with Crippen molar-refractivity contribution >= 4 is 40.9 Å². The maximum atomic E-state index is 12.2. The van der Waals surface area contributed by atoms with Crippen LogP contribution in [0.4, 0.5) is 11.8 Å². The predicted octanol–water partition coefficient (Wildman–Crippen LogP) is 3.09. The largest absolute Gasteiger partial charge is 0.383 e. The van der Waals surface area contributed by atoms with Crippen molar-refractivity contribution in [1.29, 1.82) is 0 Å². The van der Waals surface area contributed by atoms with E-state index in [1.54, 1.807) is 18.2 Å². The number of primary amides is 1. The molecule has 2 atom stereocenters. The summed E-state index contributed by atoms with van der Waals surface area (Å²) in [5.41, 5.74) is 19.0. The van der Waals surface area contributed by atoms with Gasteiger partial charge in [0.05, 0.1) is 15.6 Å². The van der Waals surface area contributed by atoms with E-state index in [0.29, 0.717) is 34.6 Å². The first-order valence-corrected chi connectivity index (χ1v) is 10.5. The van der Waals surface area contributed by atoms with Gasteiger partial charge in [0.2, 0.25) is 5.95 Å². The molecule has 2 fully saturated rings. The Labute approximate surface area is 179 Å². The molecule has 0 spiro atoms. The number of nitrogens with zero attached hydrogens (tertiary/aromatic N) is 3. The molecule has 1 aromatic carbocycles. The number of hydrogen-bond acceptors (Lipinski definition) is 6. The van der Waals surface area contributed by atoms with Crippen LogP contribution in [0.25, 0.3) is 11.1 Å². The van der Waals surface area contributed by atoms with Crippen LogP contribution in [0.2, 0.25) is 10.0 Å². The zero-order chi connectivity index (χ0) is 20.8. The number of carbonyl (C=O) groups is 1. The number of nitrogen functional groups attached to an aromatic ring is 1. The molecule has 6 N–H and O–H groups in total. The number of halogens is 2. The van der Waals surface area contributed by atoms with Crippen molar-refractivity contribution in [3.8, 4) is 11.1 Å². The number of amides is 1. The summed E-state index contributed by atoms with van der Waals surface area (Å²) in [6.45, 7) is 2.18. The fraction of sp³-hybridized carbons (Fsp3) is 0.450. The van der Waals surface area contributed by atoms with E-state index in [9.17, 15) is 4.79 Å². The molecular formula is C20H24Cl2N6O. The average molecular weight is 435 g/mol. The van der Waals surface area contributed by atoms with Gasteiger partial charge in [0.15, 0.2) is 0 Å². The van der Waals surface area contributed by atoms with Gasteiger partial charge >= 0.3 is 0 Å². The van der Waals surface area contributed by atoms with Crippen LogP contribution in [0.15, 0.2) is 18.2 Å². The van der Waals surface area contributed by atoms with Gasteiger partial charge in [-0.05, 0) is 31.4 Å². The zero-order valence-corrected chi connectivity index (χ0v) is 17.5. The van der Waals surface area contributed by atoms with Gasteiger partial charge in [-0.25, -0.2) is 4.98 Å². The maximum Gasteiger partial charge on any atom is 0.268 e. The Hall–Kier alpha value is -2.09. The van der Waals surface area contributed by atoms with Crippen molar-refractivity contribution < 1.29 is 4.79 Å². The number of carbonyl (C=O) groups excluding carboxylic acids is 1. The summed E-state index contributed by atoms with van der Waals surface area (Å²) >= 11 is 12.5. The summed E-state index contributed by atoms with van der Waals surface area (Å²) in [6, 6.07) is 5.09. The third-order valence-electron chi connectivity index (χ3n) is 6.36. The maximum absolute atomic E-state index is 12.2. The highest BCUT2D eigenvalue weighted by Gasteiger charge is 2.47. The Kier molecular flexibility index (Phi) is 5.31. The molecule has 1 aromatic heterocycles. The van der Waals surface area contributed by atoms with E-state index in [1.807, 2.05) is 0 Å². The van der Waals surface area contributed by atoms with Crippen LogP contribution in [0.1, 0.15) is 36.2 Å². The van der Waals surface area contributed by atoms with Crippen LogP contribution in [-0.4, -0.2) is 35.5 Å². The van der Waals surface area contributed by atoms with E-state index in [1.165, 1.54) is 12.8 Å². The van der Waals surface area contributed by atoms with E-state index < -0.39 is 5.91 Å². The second kappa shape index (κ2) is 7.63. The molecule has 154 valence electrons. The highest BCUT2D eigenvalue weighted by molar-refractivity contribution is 6.44. The Morgan fingerprint density at radius 3 is 2.76 bits per heavy atom. The molecule has 1 amide bonds. The smallest absolute Gasteiger partial charge is 0.268 e. The number of nitrogens with two attached hydrogens (primary N) is 3. The molecule has 2 aromatic rings. The number of rotatable bonds is 4. The molecule has 29 heavy (non-hydrogen) atoms. The normalized spacial score (nSPS) is 23.8. The molecule has 1 aliphatic heterocycles. The Bertz CT molecular complexity index is 968. The molecule has 1 saturated carbocycles. The van der Waals surface area contributed by atoms with Gasteiger partial charge in [0, 0.05) is 24.1 Å². The monoisotopic (exact) mass is 434 g/mol. The highest BCUT2D eigenvalue weighted by atomic mass is 35.5. The summed E-state index contributed by atoms with van der Waals surface area (Å²) in [5.74, 6) is 0.340. The second-order valence-electron chi connectivity index (χ2n) is 7.99. The molecule has 2 aliphatic rings. The van der Waals surface area contributed by atoms with Gasteiger partial charge < -0.3 is 22.1 Å². The van der Waals surface area contributed by atoms with Crippen LogP contribution in [0.3, 0.4) is 0 Å². The summed E-state index contributed by atoms with van der Waals surface area (Å²) in [7, 11) is 0. The van der Waals surface area contributed by atoms with Crippen molar-refractivity contribution in [3.05, 3.63) is 33.9 Å². The van der Waals surface area contributed by atoms with Gasteiger partial charge in [-0.1, -0.05) is 48.2 Å². The lowest BCUT2D eigenvalue weighted by Gasteiger charge is -2.37. The van der Waals surface area contributed by atoms with E-state index in [4.69, 9.17) is 40.4 Å². The lowest BCUT2D eigenvalue weighted by Crippen LogP contribution is -2.40. The summed E-state index contributed by atoms with van der Waals surface area (Å²) < 4.78 is 0. The first kappa shape index (κ1) is 20.2. The standard InChI is InChI=1S/C20H24Cl2N6O/c21-13-6-3-5-12(15(13)22)14-16(18(25)29)26-19(27-17(14)24)28-8-11-4-1-2-7-20(11,9-23)10-28/h3,5-6,11H,1-2,4,7-10,23H2,(H2,25,29)(H2,24,26,27)/t11-,20-/m1/s1. The average Bonchev–Trinajstić information content (AvgIpc) is 3.10. The predicted molar refractivity (Wildman–Crippen MR) is 116 cm³/mol.